The molecule has 0 bridgehead atoms. The number of nitrogens with zero attached hydrogens (tertiary/aromatic N) is 2. The first-order valence-corrected chi connectivity index (χ1v) is 7.59. The highest BCUT2D eigenvalue weighted by Gasteiger charge is 2.17. The lowest BCUT2D eigenvalue weighted by Crippen LogP contribution is -2.37. The van der Waals surface area contributed by atoms with Crippen molar-refractivity contribution in [2.24, 2.45) is 5.92 Å². The van der Waals surface area contributed by atoms with E-state index >= 15 is 0 Å². The van der Waals surface area contributed by atoms with Crippen LogP contribution in [0.5, 0.6) is 0 Å². The fourth-order valence-corrected chi connectivity index (χ4v) is 2.57. The second-order valence-electron chi connectivity index (χ2n) is 5.73. The van der Waals surface area contributed by atoms with Gasteiger partial charge < -0.3 is 15.0 Å². The molecule has 0 saturated heterocycles. The molecule has 2 rings (SSSR count). The maximum absolute atomic E-state index is 11.9. The number of aromatic nitrogens is 2. The number of amides is 1. The first-order valence-electron chi connectivity index (χ1n) is 7.59. The van der Waals surface area contributed by atoms with Crippen LogP contribution in [-0.4, -0.2) is 33.2 Å². The number of hydrogen-bond donors (Lipinski definition) is 2. The van der Waals surface area contributed by atoms with Crippen LogP contribution in [0.4, 0.5) is 0 Å². The van der Waals surface area contributed by atoms with Gasteiger partial charge in [0.1, 0.15) is 6.54 Å². The summed E-state index contributed by atoms with van der Waals surface area (Å²) in [7, 11) is 0. The summed E-state index contributed by atoms with van der Waals surface area (Å²) in [6.07, 6.45) is 6.60. The van der Waals surface area contributed by atoms with Crippen LogP contribution in [0.25, 0.3) is 0 Å². The van der Waals surface area contributed by atoms with E-state index in [4.69, 9.17) is 0 Å². The fourth-order valence-electron chi connectivity index (χ4n) is 2.57. The van der Waals surface area contributed by atoms with Gasteiger partial charge in [-0.05, 0) is 31.6 Å². The molecule has 0 spiro atoms. The number of carbonyl (C=O) groups excluding carboxylic acids is 1. The van der Waals surface area contributed by atoms with Gasteiger partial charge in [-0.25, -0.2) is 4.98 Å². The molecular formula is C15H25N3O2. The lowest BCUT2D eigenvalue weighted by atomic mass is 10.0. The molecular weight excluding hydrogens is 254 g/mol. The second-order valence-corrected chi connectivity index (χ2v) is 5.73. The third kappa shape index (κ3) is 3.60. The van der Waals surface area contributed by atoms with Gasteiger partial charge in [0.25, 0.3) is 0 Å². The Kier molecular flexibility index (Phi) is 5.17. The highest BCUT2D eigenvalue weighted by Crippen LogP contribution is 2.19. The van der Waals surface area contributed by atoms with Crippen LogP contribution in [0.2, 0.25) is 0 Å². The van der Waals surface area contributed by atoms with Crippen molar-refractivity contribution in [3.8, 4) is 0 Å². The highest BCUT2D eigenvalue weighted by molar-refractivity contribution is 5.75. The molecule has 112 valence electrons. The third-order valence-corrected chi connectivity index (χ3v) is 4.23. The van der Waals surface area contributed by atoms with Crippen LogP contribution in [0.3, 0.4) is 0 Å². The van der Waals surface area contributed by atoms with Crippen molar-refractivity contribution in [2.75, 3.05) is 6.54 Å². The predicted octanol–water partition coefficient (Wildman–Crippen LogP) is 1.29. The minimum Gasteiger partial charge on any atom is -0.391 e. The van der Waals surface area contributed by atoms with Crippen molar-refractivity contribution in [1.29, 1.82) is 0 Å². The lowest BCUT2D eigenvalue weighted by molar-refractivity contribution is -0.122. The van der Waals surface area contributed by atoms with E-state index in [1.54, 1.807) is 6.33 Å². The monoisotopic (exact) mass is 279 g/mol. The molecule has 0 aliphatic heterocycles. The summed E-state index contributed by atoms with van der Waals surface area (Å²) in [4.78, 5) is 16.3. The molecule has 2 N–H and O–H groups in total. The minimum atomic E-state index is -0.472. The summed E-state index contributed by atoms with van der Waals surface area (Å²) in [5, 5.41) is 12.7. The maximum atomic E-state index is 11.9. The number of aryl methyl sites for hydroxylation is 1. The molecule has 1 aromatic heterocycles. The lowest BCUT2D eigenvalue weighted by Gasteiger charge is -2.18. The van der Waals surface area contributed by atoms with Crippen LogP contribution in [0.15, 0.2) is 6.33 Å². The summed E-state index contributed by atoms with van der Waals surface area (Å²) >= 11 is 0. The Labute approximate surface area is 120 Å². The molecule has 1 aliphatic carbocycles. The van der Waals surface area contributed by atoms with Gasteiger partial charge in [-0.2, -0.15) is 0 Å². The Hall–Kier alpha value is -1.36. The number of aliphatic hydroxyl groups excluding tert-OH is 1. The molecule has 0 fully saturated rings. The van der Waals surface area contributed by atoms with Gasteiger partial charge in [0.05, 0.1) is 18.1 Å². The van der Waals surface area contributed by atoms with Crippen LogP contribution in [-0.2, 0) is 24.2 Å². The topological polar surface area (TPSA) is 67.2 Å². The number of fused-ring (bicyclic) bond motifs is 1. The van der Waals surface area contributed by atoms with Gasteiger partial charge >= 0.3 is 0 Å². The van der Waals surface area contributed by atoms with Gasteiger partial charge in [0.15, 0.2) is 0 Å². The molecule has 5 heteroatoms. The molecule has 2 unspecified atom stereocenters. The summed E-state index contributed by atoms with van der Waals surface area (Å²) in [5.41, 5.74) is 2.34. The molecule has 1 amide bonds. The molecule has 1 aliphatic rings. The third-order valence-electron chi connectivity index (χ3n) is 4.23. The average molecular weight is 279 g/mol. The van der Waals surface area contributed by atoms with E-state index in [2.05, 4.69) is 10.3 Å². The molecule has 0 saturated carbocycles. The Morgan fingerprint density at radius 1 is 1.50 bits per heavy atom. The van der Waals surface area contributed by atoms with Gasteiger partial charge in [-0.3, -0.25) is 4.79 Å². The largest absolute Gasteiger partial charge is 0.391 e. The van der Waals surface area contributed by atoms with Crippen molar-refractivity contribution in [3.63, 3.8) is 0 Å². The SMILES string of the molecule is CCC(C)C(O)CNC(=O)Cn1cnc2c1CCCC2. The van der Waals surface area contributed by atoms with Gasteiger partial charge in [-0.15, -0.1) is 0 Å². The number of rotatable bonds is 6. The quantitative estimate of drug-likeness (QED) is 0.824. The molecule has 0 aromatic carbocycles. The van der Waals surface area contributed by atoms with Gasteiger partial charge in [0.2, 0.25) is 5.91 Å². The smallest absolute Gasteiger partial charge is 0.240 e. The first-order chi connectivity index (χ1) is 9.61. The zero-order valence-corrected chi connectivity index (χ0v) is 12.4. The predicted molar refractivity (Wildman–Crippen MR) is 77.3 cm³/mol. The van der Waals surface area contributed by atoms with Crippen LogP contribution < -0.4 is 5.32 Å². The summed E-state index contributed by atoms with van der Waals surface area (Å²) in [5.74, 6) is 0.148. The zero-order chi connectivity index (χ0) is 14.5. The molecule has 20 heavy (non-hydrogen) atoms. The van der Waals surface area contributed by atoms with Gasteiger partial charge in [-0.1, -0.05) is 20.3 Å². The van der Waals surface area contributed by atoms with E-state index in [0.29, 0.717) is 13.1 Å². The number of nitrogens with one attached hydrogen (secondary N) is 1. The fraction of sp³-hybridized carbons (Fsp3) is 0.733. The molecule has 0 radical (unpaired) electrons. The van der Waals surface area contributed by atoms with E-state index in [-0.39, 0.29) is 11.8 Å². The minimum absolute atomic E-state index is 0.0573. The number of carbonyl (C=O) groups is 1. The highest BCUT2D eigenvalue weighted by atomic mass is 16.3. The summed E-state index contributed by atoms with van der Waals surface area (Å²) < 4.78 is 1.94. The van der Waals surface area contributed by atoms with E-state index in [9.17, 15) is 9.90 Å². The van der Waals surface area contributed by atoms with E-state index < -0.39 is 6.10 Å². The number of imidazole rings is 1. The van der Waals surface area contributed by atoms with Crippen molar-refractivity contribution >= 4 is 5.91 Å². The average Bonchev–Trinajstić information content (AvgIpc) is 2.87. The van der Waals surface area contributed by atoms with E-state index in [1.165, 1.54) is 18.5 Å². The molecule has 1 aromatic rings. The van der Waals surface area contributed by atoms with Crippen LogP contribution in [0, 0.1) is 5.92 Å². The van der Waals surface area contributed by atoms with E-state index in [1.807, 2.05) is 18.4 Å². The second kappa shape index (κ2) is 6.88. The van der Waals surface area contributed by atoms with Crippen molar-refractivity contribution in [2.45, 2.75) is 58.6 Å². The maximum Gasteiger partial charge on any atom is 0.240 e. The zero-order valence-electron chi connectivity index (χ0n) is 12.4. The Bertz CT molecular complexity index is 456. The molecule has 5 nitrogen and oxygen atoms in total. The van der Waals surface area contributed by atoms with Crippen molar-refractivity contribution < 1.29 is 9.90 Å². The van der Waals surface area contributed by atoms with Crippen LogP contribution in [0.1, 0.15) is 44.5 Å². The van der Waals surface area contributed by atoms with Crippen LogP contribution >= 0.6 is 0 Å². The molecule has 2 atom stereocenters. The van der Waals surface area contributed by atoms with Gasteiger partial charge in [0, 0.05) is 12.2 Å². The first kappa shape index (κ1) is 15.0. The Morgan fingerprint density at radius 3 is 3.00 bits per heavy atom. The Morgan fingerprint density at radius 2 is 2.25 bits per heavy atom. The van der Waals surface area contributed by atoms with Crippen molar-refractivity contribution in [1.82, 2.24) is 14.9 Å². The molecule has 1 heterocycles. The normalized spacial score (nSPS) is 17.4. The summed E-state index contributed by atoms with van der Waals surface area (Å²) in [6.45, 7) is 4.65. The van der Waals surface area contributed by atoms with E-state index in [0.717, 1.165) is 25.0 Å². The van der Waals surface area contributed by atoms with Crippen molar-refractivity contribution in [3.05, 3.63) is 17.7 Å². The number of hydrogen-bond acceptors (Lipinski definition) is 3. The Balaban J connectivity index is 1.84. The standard InChI is InChI=1S/C15H25N3O2/c1-3-11(2)14(19)8-16-15(20)9-18-10-17-12-6-4-5-7-13(12)18/h10-11,14,19H,3-9H2,1-2H3,(H,16,20). The summed E-state index contributed by atoms with van der Waals surface area (Å²) in [6, 6.07) is 0. The number of aliphatic hydroxyl groups is 1.